The molecule has 92 valence electrons. The molecule has 0 aromatic rings. The van der Waals surface area contributed by atoms with Crippen molar-refractivity contribution in [3.05, 3.63) is 0 Å². The lowest BCUT2D eigenvalue weighted by molar-refractivity contribution is -0.154. The highest BCUT2D eigenvalue weighted by atomic mass is 16.4. The second-order valence-corrected chi connectivity index (χ2v) is 4.38. The van der Waals surface area contributed by atoms with Gasteiger partial charge in [-0.15, -0.1) is 0 Å². The summed E-state index contributed by atoms with van der Waals surface area (Å²) in [5, 5.41) is 9.13. The smallest absolute Gasteiger partial charge is 0.326 e. The summed E-state index contributed by atoms with van der Waals surface area (Å²) in [5.74, 6) is -0.939. The predicted molar refractivity (Wildman–Crippen MR) is 59.8 cm³/mol. The Balaban J connectivity index is 2.67. The van der Waals surface area contributed by atoms with Gasteiger partial charge in [-0.3, -0.25) is 4.79 Å². The van der Waals surface area contributed by atoms with E-state index in [2.05, 4.69) is 0 Å². The van der Waals surface area contributed by atoms with Crippen LogP contribution in [0.2, 0.25) is 0 Å². The number of nitrogens with zero attached hydrogens (tertiary/aromatic N) is 1. The Bertz CT molecular complexity index is 268. The molecule has 1 aliphatic rings. The summed E-state index contributed by atoms with van der Waals surface area (Å²) in [6, 6.07) is -0.654. The second kappa shape index (κ2) is 5.84. The number of carboxylic acid groups (broad SMARTS) is 1. The molecular weight excluding hydrogens is 208 g/mol. The lowest BCUT2D eigenvalue weighted by atomic mass is 9.90. The molecule has 1 aliphatic heterocycles. The average molecular weight is 228 g/mol. The SMILES string of the molecule is CC1CCCN(C(=O)CCCN)C1C(=O)O. The predicted octanol–water partition coefficient (Wildman–Crippen LogP) is 0.437. The minimum Gasteiger partial charge on any atom is -0.480 e. The van der Waals surface area contributed by atoms with Crippen molar-refractivity contribution in [2.45, 2.75) is 38.6 Å². The molecule has 1 rings (SSSR count). The van der Waals surface area contributed by atoms with Crippen LogP contribution in [0.3, 0.4) is 0 Å². The van der Waals surface area contributed by atoms with Gasteiger partial charge < -0.3 is 15.7 Å². The number of carbonyl (C=O) groups excluding carboxylic acids is 1. The molecule has 2 unspecified atom stereocenters. The van der Waals surface area contributed by atoms with Crippen LogP contribution < -0.4 is 5.73 Å². The lowest BCUT2D eigenvalue weighted by Crippen LogP contribution is -2.51. The number of aliphatic carboxylic acids is 1. The first-order valence-corrected chi connectivity index (χ1v) is 5.80. The Kier molecular flexibility index (Phi) is 4.73. The molecular formula is C11H20N2O3. The molecule has 1 heterocycles. The van der Waals surface area contributed by atoms with Gasteiger partial charge in [-0.05, 0) is 31.7 Å². The lowest BCUT2D eigenvalue weighted by Gasteiger charge is -2.37. The normalized spacial score (nSPS) is 25.5. The molecule has 0 aromatic carbocycles. The molecule has 0 aromatic heterocycles. The summed E-state index contributed by atoms with van der Waals surface area (Å²) in [4.78, 5) is 24.5. The Morgan fingerprint density at radius 2 is 2.19 bits per heavy atom. The van der Waals surface area contributed by atoms with Gasteiger partial charge in [0.05, 0.1) is 0 Å². The monoisotopic (exact) mass is 228 g/mol. The van der Waals surface area contributed by atoms with Crippen LogP contribution in [0, 0.1) is 5.92 Å². The number of hydrogen-bond donors (Lipinski definition) is 2. The van der Waals surface area contributed by atoms with E-state index in [-0.39, 0.29) is 11.8 Å². The fraction of sp³-hybridized carbons (Fsp3) is 0.818. The number of carbonyl (C=O) groups is 2. The highest BCUT2D eigenvalue weighted by Gasteiger charge is 2.36. The summed E-state index contributed by atoms with van der Waals surface area (Å²) >= 11 is 0. The first-order valence-electron chi connectivity index (χ1n) is 5.80. The standard InChI is InChI=1S/C11H20N2O3/c1-8-4-3-7-13(10(8)11(15)16)9(14)5-2-6-12/h8,10H,2-7,12H2,1H3,(H,15,16). The molecule has 0 saturated carbocycles. The van der Waals surface area contributed by atoms with E-state index in [9.17, 15) is 9.59 Å². The fourth-order valence-electron chi connectivity index (χ4n) is 2.24. The van der Waals surface area contributed by atoms with Crippen LogP contribution in [0.15, 0.2) is 0 Å². The third kappa shape index (κ3) is 2.95. The van der Waals surface area contributed by atoms with Gasteiger partial charge >= 0.3 is 5.97 Å². The van der Waals surface area contributed by atoms with Crippen molar-refractivity contribution in [2.24, 2.45) is 11.7 Å². The Morgan fingerprint density at radius 3 is 2.75 bits per heavy atom. The minimum absolute atomic E-state index is 0.0353. The molecule has 0 radical (unpaired) electrons. The van der Waals surface area contributed by atoms with Crippen LogP contribution in [-0.4, -0.2) is 41.0 Å². The Morgan fingerprint density at radius 1 is 1.50 bits per heavy atom. The molecule has 5 nitrogen and oxygen atoms in total. The Labute approximate surface area is 95.6 Å². The van der Waals surface area contributed by atoms with Crippen LogP contribution in [0.5, 0.6) is 0 Å². The molecule has 3 N–H and O–H groups in total. The van der Waals surface area contributed by atoms with Crippen LogP contribution in [0.25, 0.3) is 0 Å². The molecule has 16 heavy (non-hydrogen) atoms. The van der Waals surface area contributed by atoms with Gasteiger partial charge in [0.15, 0.2) is 0 Å². The average Bonchev–Trinajstić information content (AvgIpc) is 2.24. The zero-order valence-corrected chi connectivity index (χ0v) is 9.69. The van der Waals surface area contributed by atoms with E-state index in [0.717, 1.165) is 12.8 Å². The third-order valence-electron chi connectivity index (χ3n) is 3.10. The number of nitrogens with two attached hydrogens (primary N) is 1. The highest BCUT2D eigenvalue weighted by molar-refractivity contribution is 5.84. The molecule has 1 saturated heterocycles. The maximum absolute atomic E-state index is 11.8. The Hall–Kier alpha value is -1.10. The van der Waals surface area contributed by atoms with Crippen LogP contribution in [-0.2, 0) is 9.59 Å². The van der Waals surface area contributed by atoms with E-state index in [1.54, 1.807) is 0 Å². The quantitative estimate of drug-likeness (QED) is 0.731. The van der Waals surface area contributed by atoms with Gasteiger partial charge in [0.25, 0.3) is 0 Å². The van der Waals surface area contributed by atoms with Gasteiger partial charge in [0, 0.05) is 13.0 Å². The van der Waals surface area contributed by atoms with Crippen molar-refractivity contribution in [1.29, 1.82) is 0 Å². The van der Waals surface area contributed by atoms with E-state index < -0.39 is 12.0 Å². The van der Waals surface area contributed by atoms with Crippen molar-refractivity contribution in [2.75, 3.05) is 13.1 Å². The number of likely N-dealkylation sites (tertiary alicyclic amines) is 1. The number of hydrogen-bond acceptors (Lipinski definition) is 3. The number of carboxylic acids is 1. The van der Waals surface area contributed by atoms with Crippen molar-refractivity contribution in [3.63, 3.8) is 0 Å². The van der Waals surface area contributed by atoms with Gasteiger partial charge in [-0.1, -0.05) is 6.92 Å². The summed E-state index contributed by atoms with van der Waals surface area (Å²) < 4.78 is 0. The molecule has 2 atom stereocenters. The summed E-state index contributed by atoms with van der Waals surface area (Å²) in [6.07, 6.45) is 2.74. The first-order chi connectivity index (χ1) is 7.57. The molecule has 5 heteroatoms. The largest absolute Gasteiger partial charge is 0.480 e. The van der Waals surface area contributed by atoms with Crippen LogP contribution in [0.1, 0.15) is 32.6 Å². The van der Waals surface area contributed by atoms with E-state index >= 15 is 0 Å². The summed E-state index contributed by atoms with van der Waals surface area (Å²) in [7, 11) is 0. The first kappa shape index (κ1) is 13.0. The van der Waals surface area contributed by atoms with Crippen molar-refractivity contribution in [3.8, 4) is 0 Å². The van der Waals surface area contributed by atoms with Gasteiger partial charge in [-0.2, -0.15) is 0 Å². The zero-order valence-electron chi connectivity index (χ0n) is 9.69. The molecule has 0 bridgehead atoms. The van der Waals surface area contributed by atoms with E-state index in [1.165, 1.54) is 4.90 Å². The van der Waals surface area contributed by atoms with Gasteiger partial charge in [-0.25, -0.2) is 4.79 Å². The molecule has 0 spiro atoms. The fourth-order valence-corrected chi connectivity index (χ4v) is 2.24. The number of rotatable bonds is 4. The number of amides is 1. The van der Waals surface area contributed by atoms with E-state index in [4.69, 9.17) is 10.8 Å². The van der Waals surface area contributed by atoms with Crippen LogP contribution in [0.4, 0.5) is 0 Å². The van der Waals surface area contributed by atoms with Crippen molar-refractivity contribution >= 4 is 11.9 Å². The van der Waals surface area contributed by atoms with Crippen molar-refractivity contribution < 1.29 is 14.7 Å². The van der Waals surface area contributed by atoms with Gasteiger partial charge in [0.1, 0.15) is 6.04 Å². The van der Waals surface area contributed by atoms with Crippen molar-refractivity contribution in [1.82, 2.24) is 4.90 Å². The van der Waals surface area contributed by atoms with E-state index in [1.807, 2.05) is 6.92 Å². The summed E-state index contributed by atoms with van der Waals surface area (Å²) in [6.45, 7) is 2.92. The summed E-state index contributed by atoms with van der Waals surface area (Å²) in [5.41, 5.74) is 5.34. The minimum atomic E-state index is -0.895. The maximum Gasteiger partial charge on any atom is 0.326 e. The molecule has 0 aliphatic carbocycles. The zero-order chi connectivity index (χ0) is 12.1. The number of piperidine rings is 1. The highest BCUT2D eigenvalue weighted by Crippen LogP contribution is 2.24. The van der Waals surface area contributed by atoms with Gasteiger partial charge in [0.2, 0.25) is 5.91 Å². The second-order valence-electron chi connectivity index (χ2n) is 4.38. The molecule has 1 fully saturated rings. The maximum atomic E-state index is 11.8. The van der Waals surface area contributed by atoms with E-state index in [0.29, 0.717) is 25.9 Å². The topological polar surface area (TPSA) is 83.6 Å². The third-order valence-corrected chi connectivity index (χ3v) is 3.10. The molecule has 1 amide bonds. The van der Waals surface area contributed by atoms with Crippen LogP contribution >= 0.6 is 0 Å².